The van der Waals surface area contributed by atoms with Gasteiger partial charge in [0.05, 0.1) is 6.10 Å². The van der Waals surface area contributed by atoms with Crippen molar-refractivity contribution in [2.75, 3.05) is 6.54 Å². The number of rotatable bonds is 7. The zero-order chi connectivity index (χ0) is 12.7. The first-order valence-corrected chi connectivity index (χ1v) is 7.06. The monoisotopic (exact) mass is 255 g/mol. The molecule has 1 amide bonds. The van der Waals surface area contributed by atoms with Crippen LogP contribution in [-0.2, 0) is 4.79 Å². The Kier molecular flexibility index (Phi) is 6.22. The summed E-state index contributed by atoms with van der Waals surface area (Å²) >= 11 is 1.54. The van der Waals surface area contributed by atoms with Gasteiger partial charge in [0.1, 0.15) is 0 Å². The fraction of sp³-hybridized carbons (Fsp3) is 0.615. The Morgan fingerprint density at radius 1 is 1.47 bits per heavy atom. The Hall–Kier alpha value is -0.870. The summed E-state index contributed by atoms with van der Waals surface area (Å²) in [6, 6.07) is 3.84. The number of nitrogens with one attached hydrogen (secondary N) is 1. The predicted molar refractivity (Wildman–Crippen MR) is 71.0 cm³/mol. The molecule has 0 aromatic carbocycles. The molecule has 1 rings (SSSR count). The van der Waals surface area contributed by atoms with E-state index in [-0.39, 0.29) is 11.8 Å². The smallest absolute Gasteiger partial charge is 0.223 e. The summed E-state index contributed by atoms with van der Waals surface area (Å²) in [6.45, 7) is 4.58. The van der Waals surface area contributed by atoms with E-state index < -0.39 is 6.10 Å². The highest BCUT2D eigenvalue weighted by Crippen LogP contribution is 2.21. The SMILES string of the molecule is CCC(CC)C(=O)NCCC(O)c1cccs1. The normalized spacial score (nSPS) is 12.7. The van der Waals surface area contributed by atoms with Crippen LogP contribution in [0.1, 0.15) is 44.1 Å². The van der Waals surface area contributed by atoms with Crippen LogP contribution in [0.4, 0.5) is 0 Å². The topological polar surface area (TPSA) is 49.3 Å². The van der Waals surface area contributed by atoms with Gasteiger partial charge in [-0.3, -0.25) is 4.79 Å². The molecule has 1 aromatic heterocycles. The molecule has 0 aliphatic carbocycles. The third kappa shape index (κ3) is 4.48. The molecule has 0 fully saturated rings. The fourth-order valence-electron chi connectivity index (χ4n) is 1.76. The van der Waals surface area contributed by atoms with Gasteiger partial charge in [-0.05, 0) is 30.7 Å². The van der Waals surface area contributed by atoms with Crippen molar-refractivity contribution in [1.82, 2.24) is 5.32 Å². The van der Waals surface area contributed by atoms with Crippen LogP contribution in [0, 0.1) is 5.92 Å². The molecule has 4 heteroatoms. The van der Waals surface area contributed by atoms with Crippen molar-refractivity contribution >= 4 is 17.2 Å². The molecule has 0 aliphatic rings. The van der Waals surface area contributed by atoms with Gasteiger partial charge in [-0.1, -0.05) is 19.9 Å². The van der Waals surface area contributed by atoms with E-state index in [0.717, 1.165) is 17.7 Å². The molecule has 0 radical (unpaired) electrons. The van der Waals surface area contributed by atoms with Crippen LogP contribution >= 0.6 is 11.3 Å². The first-order chi connectivity index (χ1) is 8.19. The third-order valence-corrected chi connectivity index (χ3v) is 3.92. The highest BCUT2D eigenvalue weighted by molar-refractivity contribution is 7.10. The van der Waals surface area contributed by atoms with Crippen molar-refractivity contribution in [3.05, 3.63) is 22.4 Å². The van der Waals surface area contributed by atoms with E-state index in [0.29, 0.717) is 13.0 Å². The molecule has 0 saturated carbocycles. The highest BCUT2D eigenvalue weighted by Gasteiger charge is 2.14. The lowest BCUT2D eigenvalue weighted by Gasteiger charge is -2.14. The van der Waals surface area contributed by atoms with Gasteiger partial charge in [0.25, 0.3) is 0 Å². The molecule has 1 aromatic rings. The van der Waals surface area contributed by atoms with Gasteiger partial charge < -0.3 is 10.4 Å². The van der Waals surface area contributed by atoms with E-state index >= 15 is 0 Å². The number of thiophene rings is 1. The lowest BCUT2D eigenvalue weighted by Crippen LogP contribution is -2.31. The second-order valence-corrected chi connectivity index (χ2v) is 5.10. The fourth-order valence-corrected chi connectivity index (χ4v) is 2.51. The van der Waals surface area contributed by atoms with Gasteiger partial charge in [0, 0.05) is 17.3 Å². The first-order valence-electron chi connectivity index (χ1n) is 6.18. The number of aliphatic hydroxyl groups is 1. The van der Waals surface area contributed by atoms with Gasteiger partial charge in [-0.15, -0.1) is 11.3 Å². The molecule has 1 unspecified atom stereocenters. The number of amides is 1. The molecule has 3 nitrogen and oxygen atoms in total. The maximum atomic E-state index is 11.7. The summed E-state index contributed by atoms with van der Waals surface area (Å²) in [5.41, 5.74) is 0. The zero-order valence-electron chi connectivity index (χ0n) is 10.5. The van der Waals surface area contributed by atoms with Gasteiger partial charge in [0.2, 0.25) is 5.91 Å². The third-order valence-electron chi connectivity index (χ3n) is 2.95. The minimum atomic E-state index is -0.461. The van der Waals surface area contributed by atoms with E-state index in [4.69, 9.17) is 0 Å². The van der Waals surface area contributed by atoms with Crippen molar-refractivity contribution < 1.29 is 9.90 Å². The molecule has 2 N–H and O–H groups in total. The van der Waals surface area contributed by atoms with E-state index in [2.05, 4.69) is 5.32 Å². The molecule has 1 atom stereocenters. The number of carbonyl (C=O) groups excluding carboxylic acids is 1. The molecule has 96 valence electrons. The number of carbonyl (C=O) groups is 1. The maximum Gasteiger partial charge on any atom is 0.223 e. The minimum Gasteiger partial charge on any atom is -0.388 e. The molecule has 0 aliphatic heterocycles. The van der Waals surface area contributed by atoms with E-state index in [9.17, 15) is 9.90 Å². The van der Waals surface area contributed by atoms with Crippen LogP contribution in [0.2, 0.25) is 0 Å². The summed E-state index contributed by atoms with van der Waals surface area (Å²) in [5, 5.41) is 14.7. The van der Waals surface area contributed by atoms with E-state index in [1.54, 1.807) is 11.3 Å². The maximum absolute atomic E-state index is 11.7. The molecule has 17 heavy (non-hydrogen) atoms. The lowest BCUT2D eigenvalue weighted by atomic mass is 10.0. The largest absolute Gasteiger partial charge is 0.388 e. The molecular weight excluding hydrogens is 234 g/mol. The number of aliphatic hydroxyl groups excluding tert-OH is 1. The second kappa shape index (κ2) is 7.45. The average molecular weight is 255 g/mol. The predicted octanol–water partition coefficient (Wildman–Crippen LogP) is 2.72. The van der Waals surface area contributed by atoms with Gasteiger partial charge in [-0.25, -0.2) is 0 Å². The Labute approximate surface area is 107 Å². The zero-order valence-corrected chi connectivity index (χ0v) is 11.3. The van der Waals surface area contributed by atoms with Gasteiger partial charge in [0.15, 0.2) is 0 Å². The summed E-state index contributed by atoms with van der Waals surface area (Å²) in [6.07, 6.45) is 1.86. The van der Waals surface area contributed by atoms with Crippen molar-refractivity contribution in [1.29, 1.82) is 0 Å². The molecule has 0 spiro atoms. The van der Waals surface area contributed by atoms with Crippen LogP contribution in [0.25, 0.3) is 0 Å². The van der Waals surface area contributed by atoms with Crippen LogP contribution in [0.15, 0.2) is 17.5 Å². The van der Waals surface area contributed by atoms with Crippen molar-refractivity contribution in [2.24, 2.45) is 5.92 Å². The summed E-state index contributed by atoms with van der Waals surface area (Å²) < 4.78 is 0. The van der Waals surface area contributed by atoms with Crippen molar-refractivity contribution in [3.63, 3.8) is 0 Å². The minimum absolute atomic E-state index is 0.105. The van der Waals surface area contributed by atoms with E-state index in [1.807, 2.05) is 31.4 Å². The first kappa shape index (κ1) is 14.2. The van der Waals surface area contributed by atoms with E-state index in [1.165, 1.54) is 0 Å². The van der Waals surface area contributed by atoms with Crippen LogP contribution in [0.5, 0.6) is 0 Å². The quantitative estimate of drug-likeness (QED) is 0.787. The molecular formula is C13H21NO2S. The molecule has 0 saturated heterocycles. The second-order valence-electron chi connectivity index (χ2n) is 4.12. The summed E-state index contributed by atoms with van der Waals surface area (Å²) in [5.74, 6) is 0.210. The lowest BCUT2D eigenvalue weighted by molar-refractivity contribution is -0.125. The van der Waals surface area contributed by atoms with Gasteiger partial charge in [-0.2, -0.15) is 0 Å². The Bertz CT molecular complexity index is 320. The average Bonchev–Trinajstić information content (AvgIpc) is 2.84. The van der Waals surface area contributed by atoms with Crippen LogP contribution in [0.3, 0.4) is 0 Å². The van der Waals surface area contributed by atoms with Crippen LogP contribution in [-0.4, -0.2) is 17.6 Å². The Morgan fingerprint density at radius 2 is 2.18 bits per heavy atom. The van der Waals surface area contributed by atoms with Crippen LogP contribution < -0.4 is 5.32 Å². The summed E-state index contributed by atoms with van der Waals surface area (Å²) in [7, 11) is 0. The van der Waals surface area contributed by atoms with Crippen molar-refractivity contribution in [2.45, 2.75) is 39.2 Å². The Morgan fingerprint density at radius 3 is 2.71 bits per heavy atom. The number of hydrogen-bond acceptors (Lipinski definition) is 3. The van der Waals surface area contributed by atoms with Gasteiger partial charge >= 0.3 is 0 Å². The Balaban J connectivity index is 2.26. The standard InChI is InChI=1S/C13H21NO2S/c1-3-10(4-2)13(16)14-8-7-11(15)12-6-5-9-17-12/h5-6,9-11,15H,3-4,7-8H2,1-2H3,(H,14,16). The number of hydrogen-bond donors (Lipinski definition) is 2. The highest BCUT2D eigenvalue weighted by atomic mass is 32.1. The molecule has 0 bridgehead atoms. The summed E-state index contributed by atoms with van der Waals surface area (Å²) in [4.78, 5) is 12.6. The van der Waals surface area contributed by atoms with Crippen molar-refractivity contribution in [3.8, 4) is 0 Å². The molecule has 1 heterocycles.